The normalized spacial score (nSPS) is 12.4. The summed E-state index contributed by atoms with van der Waals surface area (Å²) in [4.78, 5) is 5.23. The monoisotopic (exact) mass is 517 g/mol. The molecule has 0 saturated carbocycles. The number of rotatable bonds is 4. The second-order valence-electron chi connectivity index (χ2n) is 12.1. The minimum absolute atomic E-state index is 0.0262. The molecule has 0 saturated heterocycles. The molecule has 0 aliphatic heterocycles. The van der Waals surface area contributed by atoms with Gasteiger partial charge in [0.2, 0.25) is 0 Å². The number of hydrogen-bond donors (Lipinski definition) is 0. The number of nitrogens with zero attached hydrogens (tertiary/aromatic N) is 1. The van der Waals surface area contributed by atoms with Crippen LogP contribution in [0.1, 0.15) is 57.1 Å². The van der Waals surface area contributed by atoms with Crippen LogP contribution in [0.15, 0.2) is 70.5 Å². The highest BCUT2D eigenvalue weighted by Gasteiger charge is 2.20. The molecule has 192 valence electrons. The average molecular weight is 518 g/mol. The molecule has 0 aliphatic rings. The first kappa shape index (κ1) is 24.9. The van der Waals surface area contributed by atoms with E-state index in [0.29, 0.717) is 5.92 Å². The van der Waals surface area contributed by atoms with Crippen molar-refractivity contribution in [2.75, 3.05) is 0 Å². The molecule has 3 aromatic carbocycles. The fraction of sp³-hybridized carbons (Fsp3) is 0.286. The Hall–Kier alpha value is -3.43. The lowest BCUT2D eigenvalue weighted by Gasteiger charge is -2.23. The van der Waals surface area contributed by atoms with Gasteiger partial charge in [-0.3, -0.25) is 0 Å². The Morgan fingerprint density at radius 2 is 1.68 bits per heavy atom. The van der Waals surface area contributed by atoms with E-state index in [1.807, 2.05) is 0 Å². The third-order valence-corrected chi connectivity index (χ3v) is 8.73. The molecule has 6 rings (SSSR count). The number of benzene rings is 3. The number of aromatic nitrogens is 1. The van der Waals surface area contributed by atoms with E-state index >= 15 is 0 Å². The Kier molecular flexibility index (Phi) is 5.96. The first-order chi connectivity index (χ1) is 18.1. The smallest absolute Gasteiger partial charge is 0.134 e. The van der Waals surface area contributed by atoms with E-state index in [1.54, 1.807) is 11.3 Å². The zero-order valence-electron chi connectivity index (χ0n) is 23.4. The summed E-state index contributed by atoms with van der Waals surface area (Å²) in [6, 6.07) is 22.3. The molecule has 0 aliphatic carbocycles. The molecule has 3 aromatic heterocycles. The fourth-order valence-corrected chi connectivity index (χ4v) is 6.60. The zero-order chi connectivity index (χ0) is 26.8. The van der Waals surface area contributed by atoms with E-state index in [-0.39, 0.29) is 5.41 Å². The van der Waals surface area contributed by atoms with Gasteiger partial charge in [-0.05, 0) is 93.9 Å². The molecule has 38 heavy (non-hydrogen) atoms. The average Bonchev–Trinajstić information content (AvgIpc) is 3.40. The first-order valence-electron chi connectivity index (χ1n) is 13.5. The predicted octanol–water partition coefficient (Wildman–Crippen LogP) is 10.6. The van der Waals surface area contributed by atoms with Crippen LogP contribution in [0.4, 0.5) is 0 Å². The second-order valence-corrected chi connectivity index (χ2v) is 13.0. The van der Waals surface area contributed by atoms with E-state index < -0.39 is 0 Å². The van der Waals surface area contributed by atoms with Crippen molar-refractivity contribution in [3.8, 4) is 22.4 Å². The Balaban J connectivity index is 1.58. The van der Waals surface area contributed by atoms with E-state index in [2.05, 4.69) is 115 Å². The van der Waals surface area contributed by atoms with Crippen molar-refractivity contribution in [3.63, 3.8) is 0 Å². The van der Waals surface area contributed by atoms with Crippen molar-refractivity contribution in [3.05, 3.63) is 88.5 Å². The molecule has 0 N–H and O–H groups in total. The van der Waals surface area contributed by atoms with E-state index in [9.17, 15) is 0 Å². The SMILES string of the molecule is Cc1c(CC(C)C)oc2ccc(-c3cc(-c4cc(C(C)(C)C)c5ccccc5c4)nc4c(C)csc34)cc12. The van der Waals surface area contributed by atoms with Gasteiger partial charge in [0, 0.05) is 22.9 Å². The van der Waals surface area contributed by atoms with E-state index in [4.69, 9.17) is 9.40 Å². The quantitative estimate of drug-likeness (QED) is 0.232. The van der Waals surface area contributed by atoms with Gasteiger partial charge in [-0.15, -0.1) is 11.3 Å². The van der Waals surface area contributed by atoms with E-state index in [0.717, 1.165) is 29.0 Å². The lowest BCUT2D eigenvalue weighted by Crippen LogP contribution is -2.12. The largest absolute Gasteiger partial charge is 0.461 e. The number of fused-ring (bicyclic) bond motifs is 3. The van der Waals surface area contributed by atoms with Crippen molar-refractivity contribution in [1.82, 2.24) is 4.98 Å². The molecule has 6 aromatic rings. The molecule has 0 unspecified atom stereocenters. The maximum Gasteiger partial charge on any atom is 0.134 e. The van der Waals surface area contributed by atoms with Gasteiger partial charge in [-0.2, -0.15) is 0 Å². The third kappa shape index (κ3) is 4.23. The van der Waals surface area contributed by atoms with Gasteiger partial charge in [0.15, 0.2) is 0 Å². The van der Waals surface area contributed by atoms with Gasteiger partial charge in [0.1, 0.15) is 11.3 Å². The Morgan fingerprint density at radius 3 is 2.45 bits per heavy atom. The maximum absolute atomic E-state index is 6.26. The van der Waals surface area contributed by atoms with Crippen LogP contribution in [-0.4, -0.2) is 4.98 Å². The van der Waals surface area contributed by atoms with Crippen molar-refractivity contribution in [2.24, 2.45) is 5.92 Å². The highest BCUT2D eigenvalue weighted by molar-refractivity contribution is 7.18. The third-order valence-electron chi connectivity index (χ3n) is 7.61. The van der Waals surface area contributed by atoms with Gasteiger partial charge < -0.3 is 4.42 Å². The van der Waals surface area contributed by atoms with Crippen LogP contribution in [-0.2, 0) is 11.8 Å². The molecule has 0 radical (unpaired) electrons. The van der Waals surface area contributed by atoms with Gasteiger partial charge in [0.05, 0.1) is 15.9 Å². The minimum atomic E-state index is 0.0262. The molecule has 0 atom stereocenters. The summed E-state index contributed by atoms with van der Waals surface area (Å²) in [6.45, 7) is 15.7. The highest BCUT2D eigenvalue weighted by Crippen LogP contribution is 2.41. The van der Waals surface area contributed by atoms with Crippen LogP contribution in [0.2, 0.25) is 0 Å². The van der Waals surface area contributed by atoms with Crippen LogP contribution in [0.3, 0.4) is 0 Å². The van der Waals surface area contributed by atoms with Gasteiger partial charge in [0.25, 0.3) is 0 Å². The molecule has 0 fully saturated rings. The van der Waals surface area contributed by atoms with E-state index in [1.165, 1.54) is 54.2 Å². The predicted molar refractivity (Wildman–Crippen MR) is 164 cm³/mol. The number of aryl methyl sites for hydroxylation is 2. The van der Waals surface area contributed by atoms with Crippen LogP contribution in [0, 0.1) is 19.8 Å². The molecular formula is C35H35NOS. The lowest BCUT2D eigenvalue weighted by molar-refractivity contribution is 0.496. The topological polar surface area (TPSA) is 26.0 Å². The Labute approximate surface area is 229 Å². The molecule has 2 nitrogen and oxygen atoms in total. The maximum atomic E-state index is 6.26. The standard InChI is InChI=1S/C35H35NOS/c1-20(2)14-32-22(4)27-16-24(12-13-31(27)37-32)28-18-30(36-33-21(3)19-38-34(28)33)25-15-23-10-8-9-11-26(23)29(17-25)35(5,6)7/h8-13,15-20H,14H2,1-7H3. The van der Waals surface area contributed by atoms with Crippen molar-refractivity contribution < 1.29 is 4.42 Å². The fourth-order valence-electron chi connectivity index (χ4n) is 5.57. The summed E-state index contributed by atoms with van der Waals surface area (Å²) in [5.41, 5.74) is 10.6. The van der Waals surface area contributed by atoms with Gasteiger partial charge >= 0.3 is 0 Å². The Bertz CT molecular complexity index is 1830. The van der Waals surface area contributed by atoms with Crippen LogP contribution in [0.5, 0.6) is 0 Å². The summed E-state index contributed by atoms with van der Waals surface area (Å²) < 4.78 is 7.50. The van der Waals surface area contributed by atoms with Crippen LogP contribution in [0.25, 0.3) is 54.3 Å². The van der Waals surface area contributed by atoms with Crippen LogP contribution >= 0.6 is 11.3 Å². The zero-order valence-corrected chi connectivity index (χ0v) is 24.2. The van der Waals surface area contributed by atoms with Crippen molar-refractivity contribution in [2.45, 2.75) is 60.3 Å². The minimum Gasteiger partial charge on any atom is -0.461 e. The number of hydrogen-bond acceptors (Lipinski definition) is 3. The lowest BCUT2D eigenvalue weighted by atomic mass is 9.82. The second kappa shape index (κ2) is 9.10. The van der Waals surface area contributed by atoms with Gasteiger partial charge in [-0.25, -0.2) is 4.98 Å². The number of thiophene rings is 1. The summed E-state index contributed by atoms with van der Waals surface area (Å²) >= 11 is 1.79. The first-order valence-corrected chi connectivity index (χ1v) is 14.4. The highest BCUT2D eigenvalue weighted by atomic mass is 32.1. The molecule has 0 spiro atoms. The van der Waals surface area contributed by atoms with Gasteiger partial charge in [-0.1, -0.05) is 65.0 Å². The summed E-state index contributed by atoms with van der Waals surface area (Å²) in [5.74, 6) is 1.66. The molecular weight excluding hydrogens is 482 g/mol. The number of pyridine rings is 1. The summed E-state index contributed by atoms with van der Waals surface area (Å²) in [5, 5.41) is 6.01. The molecule has 0 amide bonds. The number of furan rings is 1. The summed E-state index contributed by atoms with van der Waals surface area (Å²) in [6.07, 6.45) is 0.960. The Morgan fingerprint density at radius 1 is 0.895 bits per heavy atom. The molecule has 3 heteroatoms. The molecule has 0 bridgehead atoms. The summed E-state index contributed by atoms with van der Waals surface area (Å²) in [7, 11) is 0. The van der Waals surface area contributed by atoms with Crippen LogP contribution < -0.4 is 0 Å². The molecule has 3 heterocycles. The van der Waals surface area contributed by atoms with Crippen molar-refractivity contribution in [1.29, 1.82) is 0 Å². The van der Waals surface area contributed by atoms with Crippen molar-refractivity contribution >= 4 is 43.3 Å².